The Kier molecular flexibility index (Phi) is 9.82. The normalized spacial score (nSPS) is 28.5. The number of aliphatic imine (C=N–C) groups is 1. The highest BCUT2D eigenvalue weighted by molar-refractivity contribution is 5.79. The monoisotopic (exact) mass is 480 g/mol. The van der Waals surface area contributed by atoms with Crippen molar-refractivity contribution in [2.45, 2.75) is 70.1 Å². The van der Waals surface area contributed by atoms with Crippen molar-refractivity contribution in [3.05, 3.63) is 0 Å². The molecule has 0 spiro atoms. The first-order valence-electron chi connectivity index (χ1n) is 9.58. The maximum absolute atomic E-state index is 15.5. The lowest BCUT2D eigenvalue weighted by molar-refractivity contribution is -0.280. The predicted molar refractivity (Wildman–Crippen MR) is 104 cm³/mol. The van der Waals surface area contributed by atoms with Gasteiger partial charge >= 0.3 is 29.7 Å². The largest absolute Gasteiger partial charge is 0.465 e. The van der Waals surface area contributed by atoms with Crippen molar-refractivity contribution >= 4 is 36.5 Å². The number of methoxy groups -OCH3 is 1. The van der Waals surface area contributed by atoms with E-state index < -0.39 is 78.8 Å². The van der Waals surface area contributed by atoms with Crippen LogP contribution in [0.2, 0.25) is 0 Å². The van der Waals surface area contributed by atoms with Crippen LogP contribution in [0.25, 0.3) is 0 Å². The lowest BCUT2D eigenvalue weighted by Crippen LogP contribution is -2.71. The van der Waals surface area contributed by atoms with Crippen molar-refractivity contribution in [3.8, 4) is 0 Å². The fourth-order valence-electron chi connectivity index (χ4n) is 3.27. The fourth-order valence-corrected chi connectivity index (χ4v) is 3.27. The van der Waals surface area contributed by atoms with E-state index in [-0.39, 0.29) is 0 Å². The first kappa shape index (κ1) is 27.9. The standard InChI is InChI=1S/C19H26F2N2O10/c1-8(24)23-13-14(22-5)17(20)19(21,18(28)29-6)33-16(13)15(32-11(4)27)12(31-10(3)26)7-30-9(2)25/h12-17H,5,7H2,1-4,6H3,(H,23,24)/t12-,13-,14?,15-,16?,17?,19-/m1/s1. The summed E-state index contributed by atoms with van der Waals surface area (Å²) < 4.78 is 54.9. The topological polar surface area (TPSA) is 156 Å². The minimum atomic E-state index is -3.76. The molecule has 1 rings (SSSR count). The van der Waals surface area contributed by atoms with Crippen LogP contribution < -0.4 is 5.32 Å². The van der Waals surface area contributed by atoms with Gasteiger partial charge in [0, 0.05) is 27.7 Å². The van der Waals surface area contributed by atoms with Gasteiger partial charge in [0.2, 0.25) is 5.91 Å². The summed E-state index contributed by atoms with van der Waals surface area (Å²) in [6, 6.07) is -3.40. The van der Waals surface area contributed by atoms with Crippen molar-refractivity contribution in [3.63, 3.8) is 0 Å². The molecule has 0 radical (unpaired) electrons. The maximum Gasteiger partial charge on any atom is 0.375 e. The molecule has 186 valence electrons. The van der Waals surface area contributed by atoms with Crippen LogP contribution in [0.5, 0.6) is 0 Å². The van der Waals surface area contributed by atoms with E-state index in [0.29, 0.717) is 0 Å². The second-order valence-corrected chi connectivity index (χ2v) is 7.04. The van der Waals surface area contributed by atoms with Crippen molar-refractivity contribution in [2.75, 3.05) is 13.7 Å². The van der Waals surface area contributed by atoms with Crippen LogP contribution in [0.4, 0.5) is 8.78 Å². The van der Waals surface area contributed by atoms with E-state index in [1.807, 2.05) is 0 Å². The van der Waals surface area contributed by atoms with Crippen LogP contribution >= 0.6 is 0 Å². The zero-order chi connectivity index (χ0) is 25.5. The highest BCUT2D eigenvalue weighted by Gasteiger charge is 2.64. The van der Waals surface area contributed by atoms with Crippen molar-refractivity contribution < 1.29 is 56.4 Å². The summed E-state index contributed by atoms with van der Waals surface area (Å²) in [6.07, 6.45) is -8.10. The SMILES string of the molecule is C=NC1C(F)[C@](F)(C(=O)OC)OC([C@H](OC(C)=O)[C@@H](COC(C)=O)OC(C)=O)[C@@H]1NC(C)=O. The molecular weight excluding hydrogens is 454 g/mol. The molecule has 0 bridgehead atoms. The Labute approximate surface area is 187 Å². The Morgan fingerprint density at radius 1 is 1.09 bits per heavy atom. The van der Waals surface area contributed by atoms with Crippen LogP contribution in [0, 0.1) is 0 Å². The predicted octanol–water partition coefficient (Wildman–Crippen LogP) is -0.437. The first-order valence-corrected chi connectivity index (χ1v) is 9.58. The average molecular weight is 480 g/mol. The molecular formula is C19H26F2N2O10. The molecule has 0 saturated carbocycles. The second kappa shape index (κ2) is 11.6. The van der Waals surface area contributed by atoms with Gasteiger partial charge < -0.3 is 29.0 Å². The molecule has 1 N–H and O–H groups in total. The van der Waals surface area contributed by atoms with E-state index >= 15 is 8.78 Å². The Morgan fingerprint density at radius 2 is 1.67 bits per heavy atom. The molecule has 14 heteroatoms. The number of carbonyl (C=O) groups excluding carboxylic acids is 5. The summed E-state index contributed by atoms with van der Waals surface area (Å²) in [6.45, 7) is 6.50. The molecule has 1 heterocycles. The number of alkyl halides is 2. The van der Waals surface area contributed by atoms with Gasteiger partial charge in [0.25, 0.3) is 0 Å². The third-order valence-corrected chi connectivity index (χ3v) is 4.49. The summed E-state index contributed by atoms with van der Waals surface area (Å²) in [5.41, 5.74) is 0. The first-order chi connectivity index (χ1) is 15.3. The van der Waals surface area contributed by atoms with Crippen molar-refractivity contribution in [2.24, 2.45) is 4.99 Å². The average Bonchev–Trinajstić information content (AvgIpc) is 2.71. The highest BCUT2D eigenvalue weighted by Crippen LogP contribution is 2.38. The molecule has 1 aliphatic rings. The maximum atomic E-state index is 15.5. The molecule has 0 aromatic carbocycles. The van der Waals surface area contributed by atoms with E-state index in [9.17, 15) is 24.0 Å². The summed E-state index contributed by atoms with van der Waals surface area (Å²) >= 11 is 0. The van der Waals surface area contributed by atoms with Gasteiger partial charge in [-0.25, -0.2) is 9.18 Å². The van der Waals surface area contributed by atoms with Gasteiger partial charge in [0.15, 0.2) is 18.4 Å². The van der Waals surface area contributed by atoms with Crippen LogP contribution in [0.15, 0.2) is 4.99 Å². The van der Waals surface area contributed by atoms with E-state index in [2.05, 4.69) is 21.8 Å². The minimum absolute atomic E-state index is 0.692. The number of esters is 4. The van der Waals surface area contributed by atoms with Gasteiger partial charge in [-0.3, -0.25) is 24.2 Å². The summed E-state index contributed by atoms with van der Waals surface area (Å²) in [5.74, 6) is -9.00. The molecule has 12 nitrogen and oxygen atoms in total. The van der Waals surface area contributed by atoms with Gasteiger partial charge in [-0.15, -0.1) is 0 Å². The van der Waals surface area contributed by atoms with Gasteiger partial charge in [-0.05, 0) is 6.72 Å². The molecule has 3 unspecified atom stereocenters. The summed E-state index contributed by atoms with van der Waals surface area (Å²) in [4.78, 5) is 62.1. The quantitative estimate of drug-likeness (QED) is 0.261. The molecule has 1 amide bonds. The van der Waals surface area contributed by atoms with Gasteiger partial charge in [0.1, 0.15) is 18.8 Å². The number of nitrogens with one attached hydrogen (secondary N) is 1. The molecule has 0 aromatic rings. The lowest BCUT2D eigenvalue weighted by atomic mass is 9.86. The number of rotatable bonds is 9. The molecule has 0 aromatic heterocycles. The number of nitrogens with zero attached hydrogens (tertiary/aromatic N) is 1. The van der Waals surface area contributed by atoms with Gasteiger partial charge in [-0.1, -0.05) is 0 Å². The number of ether oxygens (including phenoxy) is 5. The third kappa shape index (κ3) is 6.91. The van der Waals surface area contributed by atoms with E-state index in [0.717, 1.165) is 34.8 Å². The lowest BCUT2D eigenvalue weighted by Gasteiger charge is -2.47. The van der Waals surface area contributed by atoms with Gasteiger partial charge in [0.05, 0.1) is 13.2 Å². The Bertz CT molecular complexity index is 795. The van der Waals surface area contributed by atoms with E-state index in [1.165, 1.54) is 0 Å². The summed E-state index contributed by atoms with van der Waals surface area (Å²) in [7, 11) is 0.775. The molecule has 1 fully saturated rings. The second-order valence-electron chi connectivity index (χ2n) is 7.04. The molecule has 7 atom stereocenters. The Balaban J connectivity index is 3.65. The van der Waals surface area contributed by atoms with Crippen LogP contribution in [-0.4, -0.2) is 92.6 Å². The van der Waals surface area contributed by atoms with E-state index in [4.69, 9.17) is 18.9 Å². The zero-order valence-electron chi connectivity index (χ0n) is 18.7. The fraction of sp³-hybridized carbons (Fsp3) is 0.684. The zero-order valence-corrected chi connectivity index (χ0v) is 18.7. The Hall–Kier alpha value is -3.16. The number of hydrogen-bond acceptors (Lipinski definition) is 11. The highest BCUT2D eigenvalue weighted by atomic mass is 19.2. The van der Waals surface area contributed by atoms with Crippen LogP contribution in [0.1, 0.15) is 27.7 Å². The van der Waals surface area contributed by atoms with Crippen LogP contribution in [0.3, 0.4) is 0 Å². The minimum Gasteiger partial charge on any atom is -0.465 e. The Morgan fingerprint density at radius 3 is 2.09 bits per heavy atom. The van der Waals surface area contributed by atoms with E-state index in [1.54, 1.807) is 0 Å². The number of carbonyl (C=O) groups is 5. The summed E-state index contributed by atoms with van der Waals surface area (Å²) in [5, 5.41) is 2.29. The smallest absolute Gasteiger partial charge is 0.375 e. The van der Waals surface area contributed by atoms with Crippen LogP contribution in [-0.2, 0) is 47.7 Å². The number of halogens is 2. The molecule has 0 aliphatic carbocycles. The van der Waals surface area contributed by atoms with Crippen molar-refractivity contribution in [1.29, 1.82) is 0 Å². The number of hydrogen-bond donors (Lipinski definition) is 1. The number of amides is 1. The molecule has 1 saturated heterocycles. The third-order valence-electron chi connectivity index (χ3n) is 4.49. The van der Waals surface area contributed by atoms with Gasteiger partial charge in [-0.2, -0.15) is 4.39 Å². The van der Waals surface area contributed by atoms with Crippen molar-refractivity contribution in [1.82, 2.24) is 5.32 Å². The molecule has 1 aliphatic heterocycles. The molecule has 33 heavy (non-hydrogen) atoms.